The van der Waals surface area contributed by atoms with Gasteiger partial charge in [0.05, 0.1) is 10.2 Å². The summed E-state index contributed by atoms with van der Waals surface area (Å²) >= 11 is 6.88. The van der Waals surface area contributed by atoms with Crippen LogP contribution in [0.1, 0.15) is 5.56 Å². The number of nitro groups is 1. The molecule has 1 fully saturated rings. The number of carbonyl (C=O) groups excluding carboxylic acids is 2. The summed E-state index contributed by atoms with van der Waals surface area (Å²) in [5.41, 5.74) is 5.63. The first-order valence-corrected chi connectivity index (χ1v) is 9.52. The third kappa shape index (κ3) is 4.08. The fourth-order valence-corrected chi connectivity index (χ4v) is 4.32. The van der Waals surface area contributed by atoms with Crippen LogP contribution in [0.3, 0.4) is 0 Å². The summed E-state index contributed by atoms with van der Waals surface area (Å²) in [5, 5.41) is 20.4. The fraction of sp³-hybridized carbons (Fsp3) is 0.105. The highest BCUT2D eigenvalue weighted by Crippen LogP contribution is 2.42. The topological polar surface area (TPSA) is 130 Å². The van der Waals surface area contributed by atoms with E-state index in [-0.39, 0.29) is 22.7 Å². The second-order valence-corrected chi connectivity index (χ2v) is 7.63. The minimum absolute atomic E-state index is 0.0473. The number of para-hydroxylation sites is 1. The molecular weight excluding hydrogens is 416 g/mol. The molecule has 0 radical (unpaired) electrons. The molecule has 1 aliphatic heterocycles. The molecule has 0 bridgehead atoms. The minimum Gasteiger partial charge on any atom is -0.365 e. The van der Waals surface area contributed by atoms with Gasteiger partial charge in [0.1, 0.15) is 16.7 Å². The summed E-state index contributed by atoms with van der Waals surface area (Å²) in [6, 6.07) is 14.1. The van der Waals surface area contributed by atoms with Gasteiger partial charge in [-0.25, -0.2) is 0 Å². The predicted molar refractivity (Wildman–Crippen MR) is 109 cm³/mol. The van der Waals surface area contributed by atoms with Crippen LogP contribution in [0.25, 0.3) is 0 Å². The molecule has 2 aromatic rings. The summed E-state index contributed by atoms with van der Waals surface area (Å²) in [6.07, 6.45) is 0.0473. The summed E-state index contributed by atoms with van der Waals surface area (Å²) in [7, 11) is 0. The maximum atomic E-state index is 13.1. The van der Waals surface area contributed by atoms with Crippen molar-refractivity contribution in [2.45, 2.75) is 11.7 Å². The van der Waals surface area contributed by atoms with Crippen LogP contribution in [0.5, 0.6) is 0 Å². The Labute approximate surface area is 174 Å². The average Bonchev–Trinajstić information content (AvgIpc) is 2.99. The van der Waals surface area contributed by atoms with Gasteiger partial charge in [0, 0.05) is 28.8 Å². The van der Waals surface area contributed by atoms with Crippen LogP contribution in [-0.2, 0) is 16.0 Å². The van der Waals surface area contributed by atoms with E-state index >= 15 is 0 Å². The molecule has 0 saturated carbocycles. The second kappa shape index (κ2) is 8.34. The molecule has 1 atom stereocenters. The maximum Gasteiger partial charge on any atom is 0.272 e. The van der Waals surface area contributed by atoms with E-state index in [1.54, 1.807) is 42.5 Å². The van der Waals surface area contributed by atoms with Crippen molar-refractivity contribution in [3.63, 3.8) is 0 Å². The highest BCUT2D eigenvalue weighted by Gasteiger charge is 2.41. The van der Waals surface area contributed by atoms with Crippen LogP contribution in [0.4, 0.5) is 11.4 Å². The first-order chi connectivity index (χ1) is 13.8. The number of hydrogen-bond donors (Lipinski definition) is 1. The molecule has 1 heterocycles. The Bertz CT molecular complexity index is 1080. The number of benzene rings is 2. The number of halogens is 1. The third-order valence-corrected chi connectivity index (χ3v) is 5.72. The summed E-state index contributed by atoms with van der Waals surface area (Å²) in [4.78, 5) is 36.9. The lowest BCUT2D eigenvalue weighted by Gasteiger charge is -2.18. The monoisotopic (exact) mass is 428 g/mol. The number of hydrogen-bond acceptors (Lipinski definition) is 6. The molecule has 2 N–H and O–H groups in total. The Morgan fingerprint density at radius 3 is 2.52 bits per heavy atom. The van der Waals surface area contributed by atoms with Crippen molar-refractivity contribution < 1.29 is 14.5 Å². The van der Waals surface area contributed by atoms with Crippen LogP contribution in [-0.4, -0.2) is 22.0 Å². The minimum atomic E-state index is -0.965. The lowest BCUT2D eigenvalue weighted by molar-refractivity contribution is -0.385. The van der Waals surface area contributed by atoms with Crippen LogP contribution in [0.15, 0.2) is 59.1 Å². The molecule has 2 aromatic carbocycles. The standard InChI is InChI=1S/C19H13ClN4O4S/c20-12-5-7-13(8-6-12)23-18(26)16(29-19(23)14(10-21)17(22)25)9-11-3-1-2-4-15(11)24(27)28/h1-8,16H,9H2,(H2,22,25)/b19-14-. The van der Waals surface area contributed by atoms with Crippen LogP contribution >= 0.6 is 23.4 Å². The molecule has 0 aromatic heterocycles. The van der Waals surface area contributed by atoms with E-state index < -0.39 is 22.0 Å². The number of nitro benzene ring substituents is 1. The smallest absolute Gasteiger partial charge is 0.272 e. The molecule has 10 heteroatoms. The van der Waals surface area contributed by atoms with Gasteiger partial charge in [-0.05, 0) is 24.3 Å². The molecule has 0 aliphatic carbocycles. The maximum absolute atomic E-state index is 13.1. The SMILES string of the molecule is N#C/C(C(N)=O)=C1/SC(Cc2ccccc2[N+](=O)[O-])C(=O)N1c1ccc(Cl)cc1. The van der Waals surface area contributed by atoms with Crippen LogP contribution < -0.4 is 10.6 Å². The molecular formula is C19H13ClN4O4S. The molecule has 2 amide bonds. The summed E-state index contributed by atoms with van der Waals surface area (Å²) in [6.45, 7) is 0. The van der Waals surface area contributed by atoms with Gasteiger partial charge >= 0.3 is 0 Å². The predicted octanol–water partition coefficient (Wildman–Crippen LogP) is 3.16. The van der Waals surface area contributed by atoms with E-state index in [0.717, 1.165) is 11.8 Å². The molecule has 1 aliphatic rings. The number of rotatable bonds is 5. The highest BCUT2D eigenvalue weighted by molar-refractivity contribution is 8.05. The van der Waals surface area contributed by atoms with E-state index in [0.29, 0.717) is 16.3 Å². The lowest BCUT2D eigenvalue weighted by Crippen LogP contribution is -2.31. The van der Waals surface area contributed by atoms with E-state index in [9.17, 15) is 25.0 Å². The number of anilines is 1. The van der Waals surface area contributed by atoms with Crippen molar-refractivity contribution in [1.82, 2.24) is 0 Å². The Morgan fingerprint density at radius 2 is 1.93 bits per heavy atom. The van der Waals surface area contributed by atoms with E-state index in [2.05, 4.69) is 0 Å². The Morgan fingerprint density at radius 1 is 1.28 bits per heavy atom. The van der Waals surface area contributed by atoms with Crippen molar-refractivity contribution >= 4 is 46.6 Å². The molecule has 1 unspecified atom stereocenters. The van der Waals surface area contributed by atoms with Gasteiger partial charge in [-0.15, -0.1) is 0 Å². The molecule has 3 rings (SSSR count). The molecule has 8 nitrogen and oxygen atoms in total. The largest absolute Gasteiger partial charge is 0.365 e. The number of nitrogens with two attached hydrogens (primary N) is 1. The van der Waals surface area contributed by atoms with Crippen LogP contribution in [0, 0.1) is 21.4 Å². The van der Waals surface area contributed by atoms with Gasteiger partial charge in [0.15, 0.2) is 0 Å². The van der Waals surface area contributed by atoms with Gasteiger partial charge in [0.2, 0.25) is 5.91 Å². The van der Waals surface area contributed by atoms with Crippen molar-refractivity contribution in [1.29, 1.82) is 5.26 Å². The number of thioether (sulfide) groups is 1. The zero-order chi connectivity index (χ0) is 21.1. The molecule has 29 heavy (non-hydrogen) atoms. The first kappa shape index (κ1) is 20.4. The Hall–Kier alpha value is -3.35. The molecule has 1 saturated heterocycles. The van der Waals surface area contributed by atoms with E-state index in [4.69, 9.17) is 17.3 Å². The van der Waals surface area contributed by atoms with Crippen molar-refractivity contribution in [2.24, 2.45) is 5.73 Å². The highest BCUT2D eigenvalue weighted by atomic mass is 35.5. The summed E-state index contributed by atoms with van der Waals surface area (Å²) < 4.78 is 0. The number of nitriles is 1. The number of nitrogens with zero attached hydrogens (tertiary/aromatic N) is 3. The molecule has 0 spiro atoms. The number of carbonyl (C=O) groups is 2. The number of primary amides is 1. The van der Waals surface area contributed by atoms with E-state index in [1.165, 1.54) is 17.0 Å². The zero-order valence-corrected chi connectivity index (χ0v) is 16.3. The van der Waals surface area contributed by atoms with Crippen molar-refractivity contribution in [3.8, 4) is 6.07 Å². The molecule has 146 valence electrons. The average molecular weight is 429 g/mol. The quantitative estimate of drug-likeness (QED) is 0.337. The Kier molecular flexibility index (Phi) is 5.87. The van der Waals surface area contributed by atoms with Gasteiger partial charge in [-0.3, -0.25) is 24.6 Å². The second-order valence-electron chi connectivity index (χ2n) is 6.00. The Balaban J connectivity index is 2.06. The number of amides is 2. The fourth-order valence-electron chi connectivity index (χ4n) is 2.89. The van der Waals surface area contributed by atoms with Gasteiger partial charge in [-0.2, -0.15) is 5.26 Å². The van der Waals surface area contributed by atoms with Gasteiger partial charge in [0.25, 0.3) is 11.6 Å². The van der Waals surface area contributed by atoms with Crippen molar-refractivity contribution in [3.05, 3.63) is 79.8 Å². The van der Waals surface area contributed by atoms with Crippen LogP contribution in [0.2, 0.25) is 5.02 Å². The summed E-state index contributed by atoms with van der Waals surface area (Å²) in [5.74, 6) is -1.38. The zero-order valence-electron chi connectivity index (χ0n) is 14.7. The lowest BCUT2D eigenvalue weighted by atomic mass is 10.1. The first-order valence-electron chi connectivity index (χ1n) is 8.26. The third-order valence-electron chi connectivity index (χ3n) is 4.20. The van der Waals surface area contributed by atoms with E-state index in [1.807, 2.05) is 0 Å². The van der Waals surface area contributed by atoms with Gasteiger partial charge < -0.3 is 5.73 Å². The normalized spacial score (nSPS) is 17.7. The van der Waals surface area contributed by atoms with Crippen molar-refractivity contribution in [2.75, 3.05) is 4.90 Å². The van der Waals surface area contributed by atoms with Gasteiger partial charge in [-0.1, -0.05) is 41.6 Å².